The first kappa shape index (κ1) is 21.5. The van der Waals surface area contributed by atoms with E-state index in [1.807, 2.05) is 23.5 Å². The van der Waals surface area contributed by atoms with E-state index >= 15 is 0 Å². The number of fused-ring (bicyclic) bond motifs is 7. The Labute approximate surface area is 223 Å². The minimum Gasteiger partial charge on any atom is -0.278 e. The molecule has 3 nitrogen and oxygen atoms in total. The van der Waals surface area contributed by atoms with Crippen molar-refractivity contribution in [2.75, 3.05) is 0 Å². The second-order valence-electron chi connectivity index (χ2n) is 10.1. The predicted molar refractivity (Wildman–Crippen MR) is 162 cm³/mol. The molecule has 0 bridgehead atoms. The molecule has 8 aromatic rings. The van der Waals surface area contributed by atoms with E-state index in [1.165, 1.54) is 42.1 Å². The van der Waals surface area contributed by atoms with Gasteiger partial charge < -0.3 is 0 Å². The number of aromatic nitrogens is 3. The van der Waals surface area contributed by atoms with E-state index in [4.69, 9.17) is 9.97 Å². The van der Waals surface area contributed by atoms with E-state index in [-0.39, 0.29) is 0 Å². The largest absolute Gasteiger partial charge is 0.278 e. The van der Waals surface area contributed by atoms with Crippen LogP contribution < -0.4 is 0 Å². The van der Waals surface area contributed by atoms with Gasteiger partial charge in [-0.05, 0) is 56.3 Å². The molecule has 0 atom stereocenters. The molecular formula is C34H23N3S. The van der Waals surface area contributed by atoms with Gasteiger partial charge in [-0.1, -0.05) is 71.8 Å². The van der Waals surface area contributed by atoms with Crippen molar-refractivity contribution in [1.29, 1.82) is 0 Å². The van der Waals surface area contributed by atoms with Crippen molar-refractivity contribution in [3.63, 3.8) is 0 Å². The molecule has 3 heterocycles. The molecule has 0 unspecified atom stereocenters. The Kier molecular flexibility index (Phi) is 4.52. The normalized spacial score (nSPS) is 11.9. The lowest BCUT2D eigenvalue weighted by Crippen LogP contribution is -2.03. The second-order valence-corrected chi connectivity index (χ2v) is 11.2. The van der Waals surface area contributed by atoms with Crippen molar-refractivity contribution in [2.45, 2.75) is 13.8 Å². The average molecular weight is 506 g/mol. The maximum atomic E-state index is 5.23. The van der Waals surface area contributed by atoms with Gasteiger partial charge in [0.25, 0.3) is 0 Å². The predicted octanol–water partition coefficient (Wildman–Crippen LogP) is 9.38. The molecule has 0 aliphatic carbocycles. The van der Waals surface area contributed by atoms with Crippen LogP contribution in [0.15, 0.2) is 103 Å². The summed E-state index contributed by atoms with van der Waals surface area (Å²) in [5, 5.41) is 6.11. The van der Waals surface area contributed by atoms with Gasteiger partial charge in [-0.25, -0.2) is 9.97 Å². The van der Waals surface area contributed by atoms with Crippen LogP contribution in [-0.2, 0) is 0 Å². The molecule has 0 saturated heterocycles. The van der Waals surface area contributed by atoms with Gasteiger partial charge in [0, 0.05) is 41.9 Å². The third kappa shape index (κ3) is 3.14. The molecule has 8 rings (SSSR count). The first-order valence-electron chi connectivity index (χ1n) is 12.8. The summed E-state index contributed by atoms with van der Waals surface area (Å²) in [6.07, 6.45) is 0. The molecule has 4 heteroatoms. The Morgan fingerprint density at radius 2 is 1.26 bits per heavy atom. The highest BCUT2D eigenvalue weighted by molar-refractivity contribution is 7.25. The molecule has 0 saturated carbocycles. The van der Waals surface area contributed by atoms with Crippen molar-refractivity contribution in [2.24, 2.45) is 0 Å². The molecule has 0 N–H and O–H groups in total. The first-order chi connectivity index (χ1) is 18.6. The monoisotopic (exact) mass is 505 g/mol. The topological polar surface area (TPSA) is 30.7 Å². The summed E-state index contributed by atoms with van der Waals surface area (Å²) in [5.74, 6) is 0.696. The first-order valence-corrected chi connectivity index (χ1v) is 13.7. The van der Waals surface area contributed by atoms with Gasteiger partial charge in [-0.2, -0.15) is 0 Å². The molecule has 0 radical (unpaired) electrons. The lowest BCUT2D eigenvalue weighted by Gasteiger charge is -2.11. The van der Waals surface area contributed by atoms with Crippen LogP contribution in [0.5, 0.6) is 0 Å². The van der Waals surface area contributed by atoms with Crippen LogP contribution in [0.2, 0.25) is 0 Å². The van der Waals surface area contributed by atoms with E-state index in [2.05, 4.69) is 109 Å². The van der Waals surface area contributed by atoms with Gasteiger partial charge in [0.15, 0.2) is 0 Å². The Balaban J connectivity index is 1.53. The third-order valence-corrected chi connectivity index (χ3v) is 8.64. The Hall–Kier alpha value is -4.54. The van der Waals surface area contributed by atoms with Crippen molar-refractivity contribution in [3.05, 3.63) is 114 Å². The number of para-hydroxylation sites is 1. The van der Waals surface area contributed by atoms with Crippen molar-refractivity contribution in [3.8, 4) is 17.2 Å². The fraction of sp³-hybridized carbons (Fsp3) is 0.0588. The molecule has 180 valence electrons. The minimum absolute atomic E-state index is 0.696. The summed E-state index contributed by atoms with van der Waals surface area (Å²) in [5.41, 5.74) is 7.76. The van der Waals surface area contributed by atoms with Gasteiger partial charge in [0.05, 0.1) is 22.2 Å². The van der Waals surface area contributed by atoms with Crippen LogP contribution in [0.25, 0.3) is 70.1 Å². The maximum Gasteiger partial charge on any atom is 0.235 e. The summed E-state index contributed by atoms with van der Waals surface area (Å²) in [6.45, 7) is 4.32. The standard InChI is InChI=1S/C34H23N3S/c1-20-12-14-29-24(16-20)25-19-32-27(26-17-21(2)13-15-31(26)38-32)18-30(25)37(29)34-35-28-11-7-6-10-23(28)33(36-34)22-8-4-3-5-9-22/h3-19H,1-2H3. The third-order valence-electron chi connectivity index (χ3n) is 7.51. The van der Waals surface area contributed by atoms with Crippen LogP contribution in [0.1, 0.15) is 11.1 Å². The van der Waals surface area contributed by atoms with Gasteiger partial charge >= 0.3 is 0 Å². The minimum atomic E-state index is 0.696. The number of benzene rings is 5. The highest BCUT2D eigenvalue weighted by atomic mass is 32.1. The van der Waals surface area contributed by atoms with Crippen LogP contribution in [0.3, 0.4) is 0 Å². The van der Waals surface area contributed by atoms with Crippen molar-refractivity contribution in [1.82, 2.24) is 14.5 Å². The smallest absolute Gasteiger partial charge is 0.235 e. The number of nitrogens with zero attached hydrogens (tertiary/aromatic N) is 3. The molecule has 0 amide bonds. The van der Waals surface area contributed by atoms with Crippen molar-refractivity contribution < 1.29 is 0 Å². The number of thiophene rings is 1. The molecule has 0 aliphatic rings. The van der Waals surface area contributed by atoms with Crippen molar-refractivity contribution >= 4 is 64.2 Å². The summed E-state index contributed by atoms with van der Waals surface area (Å²) < 4.78 is 4.88. The highest BCUT2D eigenvalue weighted by Crippen LogP contribution is 2.41. The SMILES string of the molecule is Cc1ccc2sc3cc4c5cc(C)ccc5n(-c5nc(-c6ccccc6)c6ccccc6n5)c4cc3c2c1. The lowest BCUT2D eigenvalue weighted by atomic mass is 10.1. The van der Waals surface area contributed by atoms with Gasteiger partial charge in [-0.3, -0.25) is 4.57 Å². The highest BCUT2D eigenvalue weighted by Gasteiger charge is 2.19. The Morgan fingerprint density at radius 3 is 2.13 bits per heavy atom. The Bertz CT molecular complexity index is 2200. The molecule has 38 heavy (non-hydrogen) atoms. The zero-order valence-corrected chi connectivity index (χ0v) is 21.9. The van der Waals surface area contributed by atoms with Crippen LogP contribution in [0, 0.1) is 13.8 Å². The zero-order valence-electron chi connectivity index (χ0n) is 21.1. The lowest BCUT2D eigenvalue weighted by molar-refractivity contribution is 1.01. The average Bonchev–Trinajstić information content (AvgIpc) is 3.45. The number of hydrogen-bond acceptors (Lipinski definition) is 3. The fourth-order valence-corrected chi connectivity index (χ4v) is 6.82. The second kappa shape index (κ2) is 7.98. The zero-order chi connectivity index (χ0) is 25.4. The quantitative estimate of drug-likeness (QED) is 0.234. The molecule has 3 aromatic heterocycles. The van der Waals surface area contributed by atoms with E-state index < -0.39 is 0 Å². The number of hydrogen-bond donors (Lipinski definition) is 0. The molecule has 0 spiro atoms. The van der Waals surface area contributed by atoms with Crippen LogP contribution in [-0.4, -0.2) is 14.5 Å². The molecular weight excluding hydrogens is 482 g/mol. The van der Waals surface area contributed by atoms with E-state index in [0.29, 0.717) is 5.95 Å². The molecule has 0 aliphatic heterocycles. The summed E-state index contributed by atoms with van der Waals surface area (Å²) in [7, 11) is 0. The van der Waals surface area contributed by atoms with E-state index in [9.17, 15) is 0 Å². The van der Waals surface area contributed by atoms with Crippen LogP contribution in [0.4, 0.5) is 0 Å². The Morgan fingerprint density at radius 1 is 0.553 bits per heavy atom. The maximum absolute atomic E-state index is 5.23. The summed E-state index contributed by atoms with van der Waals surface area (Å²) in [4.78, 5) is 10.4. The van der Waals surface area contributed by atoms with Gasteiger partial charge in [0.1, 0.15) is 0 Å². The molecule has 5 aromatic carbocycles. The summed E-state index contributed by atoms with van der Waals surface area (Å²) >= 11 is 1.86. The van der Waals surface area contributed by atoms with Gasteiger partial charge in [0.2, 0.25) is 5.95 Å². The number of rotatable bonds is 2. The summed E-state index contributed by atoms with van der Waals surface area (Å²) in [6, 6.07) is 36.8. The van der Waals surface area contributed by atoms with Crippen LogP contribution >= 0.6 is 11.3 Å². The number of aryl methyl sites for hydroxylation is 2. The van der Waals surface area contributed by atoms with E-state index in [0.717, 1.165) is 33.2 Å². The van der Waals surface area contributed by atoms with Gasteiger partial charge in [-0.15, -0.1) is 11.3 Å². The molecule has 0 fully saturated rings. The van der Waals surface area contributed by atoms with E-state index in [1.54, 1.807) is 0 Å². The fourth-order valence-electron chi connectivity index (χ4n) is 5.71.